The molecular formula is C16H14O5. The minimum Gasteiger partial charge on any atom is -0.481 e. The van der Waals surface area contributed by atoms with Gasteiger partial charge in [0.05, 0.1) is 18.6 Å². The fourth-order valence-electron chi connectivity index (χ4n) is 3.03. The molecule has 0 aromatic heterocycles. The van der Waals surface area contributed by atoms with Gasteiger partial charge in [0.15, 0.2) is 11.6 Å². The number of aliphatic carboxylic acids is 1. The smallest absolute Gasteiger partial charge is 0.305 e. The van der Waals surface area contributed by atoms with Gasteiger partial charge in [-0.05, 0) is 6.92 Å². The standard InChI is InChI=1S/C16H14O5/c1-8-14-12(6-9(21-8)7-13(17)18)15(19)10-4-2-3-5-11(10)16(14)20/h2-5,8-9H,6-7H2,1H3,(H,17,18)/t8-,9-/m1/s1. The molecule has 1 N–H and O–H groups in total. The van der Waals surface area contributed by atoms with E-state index >= 15 is 0 Å². The van der Waals surface area contributed by atoms with Gasteiger partial charge in [-0.2, -0.15) is 0 Å². The van der Waals surface area contributed by atoms with E-state index in [1.54, 1.807) is 31.2 Å². The number of carbonyl (C=O) groups is 3. The number of hydrogen-bond donors (Lipinski definition) is 1. The molecule has 0 spiro atoms. The first-order valence-corrected chi connectivity index (χ1v) is 6.77. The summed E-state index contributed by atoms with van der Waals surface area (Å²) < 4.78 is 5.59. The van der Waals surface area contributed by atoms with E-state index < -0.39 is 18.2 Å². The van der Waals surface area contributed by atoms with Crippen LogP contribution in [0.2, 0.25) is 0 Å². The highest BCUT2D eigenvalue weighted by atomic mass is 16.5. The maximum atomic E-state index is 12.6. The van der Waals surface area contributed by atoms with E-state index in [9.17, 15) is 14.4 Å². The number of benzene rings is 1. The number of hydrogen-bond acceptors (Lipinski definition) is 4. The maximum Gasteiger partial charge on any atom is 0.305 e. The molecule has 0 amide bonds. The number of carbonyl (C=O) groups excluding carboxylic acids is 2. The Hall–Kier alpha value is -2.27. The third-order valence-corrected chi connectivity index (χ3v) is 3.90. The molecule has 5 nitrogen and oxygen atoms in total. The Balaban J connectivity index is 2.04. The topological polar surface area (TPSA) is 80.7 Å². The quantitative estimate of drug-likeness (QED) is 0.899. The molecule has 1 aromatic rings. The van der Waals surface area contributed by atoms with Crippen molar-refractivity contribution in [1.29, 1.82) is 0 Å². The lowest BCUT2D eigenvalue weighted by Crippen LogP contribution is -2.38. The zero-order chi connectivity index (χ0) is 15.1. The summed E-state index contributed by atoms with van der Waals surface area (Å²) in [7, 11) is 0. The number of fused-ring (bicyclic) bond motifs is 1. The van der Waals surface area contributed by atoms with Crippen LogP contribution in [0.1, 0.15) is 40.5 Å². The summed E-state index contributed by atoms with van der Waals surface area (Å²) in [4.78, 5) is 35.9. The zero-order valence-electron chi connectivity index (χ0n) is 11.5. The highest BCUT2D eigenvalue weighted by molar-refractivity contribution is 6.27. The fraction of sp³-hybridized carbons (Fsp3) is 0.312. The molecule has 1 aliphatic heterocycles. The summed E-state index contributed by atoms with van der Waals surface area (Å²) in [6, 6.07) is 6.70. The Morgan fingerprint density at radius 1 is 1.24 bits per heavy atom. The predicted octanol–water partition coefficient (Wildman–Crippen LogP) is 2.01. The molecule has 0 saturated heterocycles. The van der Waals surface area contributed by atoms with Gasteiger partial charge in [-0.15, -0.1) is 0 Å². The van der Waals surface area contributed by atoms with Gasteiger partial charge >= 0.3 is 5.97 Å². The van der Waals surface area contributed by atoms with E-state index in [0.29, 0.717) is 22.3 Å². The van der Waals surface area contributed by atoms with Crippen LogP contribution in [0.5, 0.6) is 0 Å². The van der Waals surface area contributed by atoms with Gasteiger partial charge in [-0.25, -0.2) is 0 Å². The second-order valence-electron chi connectivity index (χ2n) is 5.30. The molecule has 5 heteroatoms. The SMILES string of the molecule is C[C@H]1O[C@@H](CC(=O)O)CC2=C1C(=O)c1ccccc1C2=O. The van der Waals surface area contributed by atoms with E-state index in [4.69, 9.17) is 9.84 Å². The molecular weight excluding hydrogens is 272 g/mol. The van der Waals surface area contributed by atoms with Gasteiger partial charge in [0.25, 0.3) is 0 Å². The Labute approximate surface area is 121 Å². The third kappa shape index (κ3) is 2.19. The van der Waals surface area contributed by atoms with Crippen molar-refractivity contribution in [3.05, 3.63) is 46.5 Å². The first-order chi connectivity index (χ1) is 9.99. The monoisotopic (exact) mass is 286 g/mol. The molecule has 0 saturated carbocycles. The van der Waals surface area contributed by atoms with Crippen LogP contribution in [0.25, 0.3) is 0 Å². The molecule has 3 rings (SSSR count). The molecule has 108 valence electrons. The molecule has 0 bridgehead atoms. The van der Waals surface area contributed by atoms with E-state index in [0.717, 1.165) is 0 Å². The fourth-order valence-corrected chi connectivity index (χ4v) is 3.03. The lowest BCUT2D eigenvalue weighted by atomic mass is 9.78. The van der Waals surface area contributed by atoms with E-state index in [1.807, 2.05) is 0 Å². The van der Waals surface area contributed by atoms with Crippen molar-refractivity contribution in [2.75, 3.05) is 0 Å². The molecule has 0 radical (unpaired) electrons. The first kappa shape index (κ1) is 13.7. The lowest BCUT2D eigenvalue weighted by Gasteiger charge is -2.33. The van der Waals surface area contributed by atoms with E-state index in [1.165, 1.54) is 0 Å². The number of carboxylic acids is 1. The van der Waals surface area contributed by atoms with Crippen LogP contribution < -0.4 is 0 Å². The maximum absolute atomic E-state index is 12.6. The molecule has 0 fully saturated rings. The molecule has 1 aromatic carbocycles. The van der Waals surface area contributed by atoms with Gasteiger partial charge in [0.1, 0.15) is 0 Å². The van der Waals surface area contributed by atoms with Gasteiger partial charge in [-0.3, -0.25) is 14.4 Å². The highest BCUT2D eigenvalue weighted by Crippen LogP contribution is 2.36. The normalized spacial score (nSPS) is 24.6. The van der Waals surface area contributed by atoms with Crippen LogP contribution in [0, 0.1) is 0 Å². The third-order valence-electron chi connectivity index (χ3n) is 3.90. The molecule has 2 atom stereocenters. The lowest BCUT2D eigenvalue weighted by molar-refractivity contribution is -0.141. The van der Waals surface area contributed by atoms with Gasteiger partial charge in [-0.1, -0.05) is 24.3 Å². The molecule has 2 aliphatic rings. The van der Waals surface area contributed by atoms with Crippen molar-refractivity contribution in [2.45, 2.75) is 32.0 Å². The molecule has 21 heavy (non-hydrogen) atoms. The molecule has 1 heterocycles. The van der Waals surface area contributed by atoms with Crippen LogP contribution in [0.4, 0.5) is 0 Å². The van der Waals surface area contributed by atoms with Crippen LogP contribution in [0.15, 0.2) is 35.4 Å². The zero-order valence-corrected chi connectivity index (χ0v) is 11.5. The number of ether oxygens (including phenoxy) is 1. The molecule has 1 aliphatic carbocycles. The second-order valence-corrected chi connectivity index (χ2v) is 5.30. The average Bonchev–Trinajstić information content (AvgIpc) is 2.43. The number of Topliss-reactive ketones (excluding diaryl/α,β-unsaturated/α-hetero) is 2. The summed E-state index contributed by atoms with van der Waals surface area (Å²) in [6.45, 7) is 1.68. The summed E-state index contributed by atoms with van der Waals surface area (Å²) >= 11 is 0. The van der Waals surface area contributed by atoms with Crippen LogP contribution >= 0.6 is 0 Å². The van der Waals surface area contributed by atoms with Crippen LogP contribution in [0.3, 0.4) is 0 Å². The van der Waals surface area contributed by atoms with E-state index in [2.05, 4.69) is 0 Å². The molecule has 0 unspecified atom stereocenters. The average molecular weight is 286 g/mol. The van der Waals surface area contributed by atoms with Crippen molar-refractivity contribution in [3.8, 4) is 0 Å². The van der Waals surface area contributed by atoms with Crippen molar-refractivity contribution in [1.82, 2.24) is 0 Å². The minimum atomic E-state index is -0.980. The van der Waals surface area contributed by atoms with Gasteiger partial charge in [0, 0.05) is 28.7 Å². The van der Waals surface area contributed by atoms with Crippen molar-refractivity contribution in [3.63, 3.8) is 0 Å². The highest BCUT2D eigenvalue weighted by Gasteiger charge is 2.39. The van der Waals surface area contributed by atoms with Crippen LogP contribution in [-0.2, 0) is 9.53 Å². The minimum absolute atomic E-state index is 0.172. The Bertz CT molecular complexity index is 686. The van der Waals surface area contributed by atoms with Gasteiger partial charge in [0.2, 0.25) is 0 Å². The largest absolute Gasteiger partial charge is 0.481 e. The summed E-state index contributed by atoms with van der Waals surface area (Å²) in [5.41, 5.74) is 1.57. The second kappa shape index (κ2) is 4.93. The van der Waals surface area contributed by atoms with Crippen molar-refractivity contribution < 1.29 is 24.2 Å². The first-order valence-electron chi connectivity index (χ1n) is 6.77. The Kier molecular flexibility index (Phi) is 3.22. The Morgan fingerprint density at radius 3 is 2.48 bits per heavy atom. The summed E-state index contributed by atoms with van der Waals surface area (Å²) in [5, 5.41) is 8.88. The van der Waals surface area contributed by atoms with Crippen LogP contribution in [-0.4, -0.2) is 34.9 Å². The number of rotatable bonds is 2. The van der Waals surface area contributed by atoms with E-state index in [-0.39, 0.29) is 24.4 Å². The summed E-state index contributed by atoms with van der Waals surface area (Å²) in [6.07, 6.45) is -1.14. The summed E-state index contributed by atoms with van der Waals surface area (Å²) in [5.74, 6) is -1.36. The van der Waals surface area contributed by atoms with Gasteiger partial charge < -0.3 is 9.84 Å². The number of ketones is 2. The Morgan fingerprint density at radius 2 is 1.86 bits per heavy atom. The number of carboxylic acid groups (broad SMARTS) is 1. The van der Waals surface area contributed by atoms with Crippen molar-refractivity contribution in [2.24, 2.45) is 0 Å². The van der Waals surface area contributed by atoms with Crippen molar-refractivity contribution >= 4 is 17.5 Å². The predicted molar refractivity (Wildman–Crippen MR) is 73.3 cm³/mol.